The number of nitrogens with one attached hydrogen (secondary N) is 1. The topological polar surface area (TPSA) is 68.5 Å². The summed E-state index contributed by atoms with van der Waals surface area (Å²) in [7, 11) is -3.63. The van der Waals surface area contributed by atoms with Crippen LogP contribution in [-0.2, 0) is 22.0 Å². The lowest BCUT2D eigenvalue weighted by Crippen LogP contribution is -2.24. The molecule has 0 spiro atoms. The van der Waals surface area contributed by atoms with Gasteiger partial charge in [-0.25, -0.2) is 13.1 Å². The van der Waals surface area contributed by atoms with Gasteiger partial charge in [0.1, 0.15) is 11.5 Å². The average molecular weight is 365 g/mol. The lowest BCUT2D eigenvalue weighted by molar-refractivity contribution is 0.301. The molecule has 1 N–H and O–H groups in total. The number of rotatable bonds is 8. The van der Waals surface area contributed by atoms with Crippen molar-refractivity contribution in [2.24, 2.45) is 0 Å². The summed E-state index contributed by atoms with van der Waals surface area (Å²) in [6.45, 7) is 8.98. The first-order valence-corrected chi connectivity index (χ1v) is 10.0. The van der Waals surface area contributed by atoms with E-state index in [-0.39, 0.29) is 16.9 Å². The molecule has 0 fully saturated rings. The van der Waals surface area contributed by atoms with Crippen LogP contribution in [0, 0.1) is 0 Å². The van der Waals surface area contributed by atoms with Gasteiger partial charge in [-0.05, 0) is 42.2 Å². The zero-order valence-electron chi connectivity index (χ0n) is 15.3. The van der Waals surface area contributed by atoms with Crippen molar-refractivity contribution in [2.45, 2.75) is 57.4 Å². The van der Waals surface area contributed by atoms with Crippen LogP contribution in [0.1, 0.15) is 51.9 Å². The second kappa shape index (κ2) is 8.06. The molecule has 0 saturated heterocycles. The molecule has 0 aliphatic heterocycles. The number of ether oxygens (including phenoxy) is 1. The number of hydrogen-bond donors (Lipinski definition) is 1. The van der Waals surface area contributed by atoms with Crippen molar-refractivity contribution >= 4 is 10.0 Å². The molecule has 2 rings (SSSR count). The zero-order chi connectivity index (χ0) is 18.5. The predicted octanol–water partition coefficient (Wildman–Crippen LogP) is 4.23. The normalized spacial score (nSPS) is 12.3. The van der Waals surface area contributed by atoms with Gasteiger partial charge in [-0.1, -0.05) is 34.1 Å². The molecule has 1 aromatic heterocycles. The van der Waals surface area contributed by atoms with Crippen molar-refractivity contribution in [3.63, 3.8) is 0 Å². The van der Waals surface area contributed by atoms with Crippen molar-refractivity contribution in [3.8, 4) is 5.75 Å². The largest absolute Gasteiger partial charge is 0.493 e. The summed E-state index contributed by atoms with van der Waals surface area (Å²) in [6, 6.07) is 8.49. The van der Waals surface area contributed by atoms with Crippen LogP contribution >= 0.6 is 0 Å². The number of furan rings is 1. The fourth-order valence-electron chi connectivity index (χ4n) is 2.38. The highest BCUT2D eigenvalue weighted by Gasteiger charge is 2.23. The zero-order valence-corrected chi connectivity index (χ0v) is 16.2. The Morgan fingerprint density at radius 1 is 1.20 bits per heavy atom. The minimum atomic E-state index is -3.63. The standard InChI is InChI=1S/C19H27NO4S/c1-5-6-11-24-18-10-9-16(13-17(18)19(2,3)4)25(21,22)20-14-15-8-7-12-23-15/h7-10,12-13,20H,5-6,11,14H2,1-4H3. The van der Waals surface area contributed by atoms with E-state index in [0.29, 0.717) is 12.4 Å². The lowest BCUT2D eigenvalue weighted by Gasteiger charge is -2.23. The SMILES string of the molecule is CCCCOc1ccc(S(=O)(=O)NCc2ccco2)cc1C(C)(C)C. The highest BCUT2D eigenvalue weighted by atomic mass is 32.2. The Bertz CT molecular complexity index is 774. The van der Waals surface area contributed by atoms with E-state index in [1.54, 1.807) is 30.3 Å². The molecule has 0 atom stereocenters. The minimum Gasteiger partial charge on any atom is -0.493 e. The number of benzene rings is 1. The van der Waals surface area contributed by atoms with Crippen molar-refractivity contribution < 1.29 is 17.6 Å². The Morgan fingerprint density at radius 2 is 1.96 bits per heavy atom. The molecule has 138 valence electrons. The minimum absolute atomic E-state index is 0.120. The highest BCUT2D eigenvalue weighted by Crippen LogP contribution is 2.33. The highest BCUT2D eigenvalue weighted by molar-refractivity contribution is 7.89. The van der Waals surface area contributed by atoms with Gasteiger partial charge in [0.05, 0.1) is 24.3 Å². The third-order valence-electron chi connectivity index (χ3n) is 3.84. The number of sulfonamides is 1. The monoisotopic (exact) mass is 365 g/mol. The van der Waals surface area contributed by atoms with Crippen LogP contribution < -0.4 is 9.46 Å². The first-order chi connectivity index (χ1) is 11.7. The molecule has 5 nitrogen and oxygen atoms in total. The molecule has 1 aromatic carbocycles. The summed E-state index contributed by atoms with van der Waals surface area (Å²) < 4.78 is 38.8. The molecule has 0 bridgehead atoms. The molecule has 1 heterocycles. The quantitative estimate of drug-likeness (QED) is 0.711. The van der Waals surface area contributed by atoms with Gasteiger partial charge in [0.2, 0.25) is 10.0 Å². The Labute approximate surface area is 150 Å². The number of hydrogen-bond acceptors (Lipinski definition) is 4. The summed E-state index contributed by atoms with van der Waals surface area (Å²) >= 11 is 0. The lowest BCUT2D eigenvalue weighted by atomic mass is 9.86. The molecule has 0 saturated carbocycles. The third kappa shape index (κ3) is 5.34. The smallest absolute Gasteiger partial charge is 0.240 e. The molecular weight excluding hydrogens is 338 g/mol. The van der Waals surface area contributed by atoms with Gasteiger partial charge in [0, 0.05) is 5.56 Å². The average Bonchev–Trinajstić information content (AvgIpc) is 3.06. The van der Waals surface area contributed by atoms with Gasteiger partial charge in [0.15, 0.2) is 0 Å². The first-order valence-electron chi connectivity index (χ1n) is 8.53. The molecule has 0 aliphatic rings. The summed E-state index contributed by atoms with van der Waals surface area (Å²) in [4.78, 5) is 0.229. The molecule has 2 aromatic rings. The predicted molar refractivity (Wildman–Crippen MR) is 98.3 cm³/mol. The van der Waals surface area contributed by atoms with Gasteiger partial charge < -0.3 is 9.15 Å². The van der Waals surface area contributed by atoms with E-state index < -0.39 is 10.0 Å². The number of unbranched alkanes of at least 4 members (excludes halogenated alkanes) is 1. The summed E-state index contributed by atoms with van der Waals surface area (Å²) in [5.74, 6) is 1.31. The van der Waals surface area contributed by atoms with Gasteiger partial charge >= 0.3 is 0 Å². The molecule has 25 heavy (non-hydrogen) atoms. The Kier molecular flexibility index (Phi) is 6.30. The maximum atomic E-state index is 12.6. The maximum Gasteiger partial charge on any atom is 0.240 e. The van der Waals surface area contributed by atoms with E-state index >= 15 is 0 Å². The molecule has 0 radical (unpaired) electrons. The van der Waals surface area contributed by atoms with E-state index in [4.69, 9.17) is 9.15 Å². The van der Waals surface area contributed by atoms with Crippen LogP contribution in [0.2, 0.25) is 0 Å². The summed E-state index contributed by atoms with van der Waals surface area (Å²) in [5.41, 5.74) is 0.651. The van der Waals surface area contributed by atoms with Gasteiger partial charge in [0.25, 0.3) is 0 Å². The van der Waals surface area contributed by atoms with Gasteiger partial charge in [-0.15, -0.1) is 0 Å². The fraction of sp³-hybridized carbons (Fsp3) is 0.474. The molecular formula is C19H27NO4S. The van der Waals surface area contributed by atoms with E-state index in [1.165, 1.54) is 6.26 Å². The van der Waals surface area contributed by atoms with Crippen LogP contribution in [0.15, 0.2) is 45.9 Å². The van der Waals surface area contributed by atoms with E-state index in [0.717, 1.165) is 24.2 Å². The van der Waals surface area contributed by atoms with Crippen molar-refractivity contribution in [1.82, 2.24) is 4.72 Å². The van der Waals surface area contributed by atoms with E-state index in [9.17, 15) is 8.42 Å². The van der Waals surface area contributed by atoms with Crippen molar-refractivity contribution in [3.05, 3.63) is 47.9 Å². The first kappa shape index (κ1) is 19.5. The Balaban J connectivity index is 2.25. The van der Waals surface area contributed by atoms with Crippen LogP contribution in [0.4, 0.5) is 0 Å². The van der Waals surface area contributed by atoms with Crippen LogP contribution in [0.25, 0.3) is 0 Å². The van der Waals surface area contributed by atoms with Crippen LogP contribution in [-0.4, -0.2) is 15.0 Å². The second-order valence-corrected chi connectivity index (χ2v) is 8.78. The molecule has 0 aliphatic carbocycles. The van der Waals surface area contributed by atoms with Crippen molar-refractivity contribution in [1.29, 1.82) is 0 Å². The van der Waals surface area contributed by atoms with Crippen LogP contribution in [0.3, 0.4) is 0 Å². The van der Waals surface area contributed by atoms with Crippen LogP contribution in [0.5, 0.6) is 5.75 Å². The Hall–Kier alpha value is -1.79. The van der Waals surface area contributed by atoms with Gasteiger partial charge in [-0.3, -0.25) is 0 Å². The maximum absolute atomic E-state index is 12.6. The molecule has 6 heteroatoms. The van der Waals surface area contributed by atoms with E-state index in [1.807, 2.05) is 20.8 Å². The van der Waals surface area contributed by atoms with E-state index in [2.05, 4.69) is 11.6 Å². The molecule has 0 unspecified atom stereocenters. The van der Waals surface area contributed by atoms with Gasteiger partial charge in [-0.2, -0.15) is 0 Å². The Morgan fingerprint density at radius 3 is 2.56 bits per heavy atom. The molecule has 0 amide bonds. The fourth-order valence-corrected chi connectivity index (χ4v) is 3.40. The third-order valence-corrected chi connectivity index (χ3v) is 5.24. The second-order valence-electron chi connectivity index (χ2n) is 7.01. The summed E-state index contributed by atoms with van der Waals surface area (Å²) in [5, 5.41) is 0. The van der Waals surface area contributed by atoms with Crippen molar-refractivity contribution in [2.75, 3.05) is 6.61 Å². The summed E-state index contributed by atoms with van der Waals surface area (Å²) in [6.07, 6.45) is 3.53.